The summed E-state index contributed by atoms with van der Waals surface area (Å²) in [5.74, 6) is 2.63. The summed E-state index contributed by atoms with van der Waals surface area (Å²) in [7, 11) is 0. The molecule has 4 aromatic carbocycles. The van der Waals surface area contributed by atoms with Crippen molar-refractivity contribution < 1.29 is 28.8 Å². The molecular weight excluding hydrogens is 528 g/mol. The van der Waals surface area contributed by atoms with Gasteiger partial charge in [0, 0.05) is 0 Å². The molecule has 6 nitrogen and oxygen atoms in total. The molecule has 0 saturated heterocycles. The van der Waals surface area contributed by atoms with Gasteiger partial charge in [0.15, 0.2) is 6.29 Å². The molecule has 0 aliphatic carbocycles. The molecule has 0 spiro atoms. The third-order valence-corrected chi connectivity index (χ3v) is 6.70. The molecule has 1 N–H and O–H groups in total. The van der Waals surface area contributed by atoms with Crippen molar-refractivity contribution in [2.24, 2.45) is 0 Å². The predicted molar refractivity (Wildman–Crippen MR) is 161 cm³/mol. The molecule has 0 amide bonds. The molecule has 0 bridgehead atoms. The van der Waals surface area contributed by atoms with Gasteiger partial charge in [-0.2, -0.15) is 0 Å². The first-order valence-electron chi connectivity index (χ1n) is 13.9. The molecule has 4 rings (SSSR count). The number of hydrogen-bond acceptors (Lipinski definition) is 6. The standard InChI is InChI=1S/C36H36O6/c1-2-33(31-21-13-6-14-22-31)40-27-32(38)35(41-25-29-17-9-4-10-18-29)36(42-26-30-19-11-5-12-20-30)34(23-37)39-24-28-15-7-3-8-16-28/h1,3-23,32-36,38H,24-27H2/t32-,33?,34+,35+,36-/m1/s1. The molecule has 0 aliphatic rings. The van der Waals surface area contributed by atoms with E-state index in [9.17, 15) is 9.90 Å². The van der Waals surface area contributed by atoms with Crippen LogP contribution in [0.15, 0.2) is 121 Å². The van der Waals surface area contributed by atoms with Gasteiger partial charge in [-0.1, -0.05) is 127 Å². The van der Waals surface area contributed by atoms with Gasteiger partial charge in [-0.25, -0.2) is 0 Å². The largest absolute Gasteiger partial charge is 0.388 e. The molecular formula is C36H36O6. The van der Waals surface area contributed by atoms with E-state index in [-0.39, 0.29) is 26.4 Å². The van der Waals surface area contributed by atoms with Gasteiger partial charge >= 0.3 is 0 Å². The molecule has 6 heteroatoms. The highest BCUT2D eigenvalue weighted by molar-refractivity contribution is 5.57. The van der Waals surface area contributed by atoms with Gasteiger partial charge in [-0.3, -0.25) is 0 Å². The van der Waals surface area contributed by atoms with Crippen LogP contribution in [0.3, 0.4) is 0 Å². The molecule has 0 heterocycles. The van der Waals surface area contributed by atoms with Crippen molar-refractivity contribution in [2.75, 3.05) is 6.61 Å². The molecule has 4 aromatic rings. The second-order valence-corrected chi connectivity index (χ2v) is 9.78. The van der Waals surface area contributed by atoms with Crippen molar-refractivity contribution in [3.63, 3.8) is 0 Å². The molecule has 0 saturated carbocycles. The molecule has 0 aliphatic heterocycles. The Kier molecular flexibility index (Phi) is 12.5. The first-order chi connectivity index (χ1) is 20.7. The maximum absolute atomic E-state index is 12.5. The van der Waals surface area contributed by atoms with Gasteiger partial charge in [0.05, 0.1) is 26.4 Å². The van der Waals surface area contributed by atoms with Crippen LogP contribution in [-0.2, 0) is 43.6 Å². The number of aliphatic hydroxyl groups is 1. The van der Waals surface area contributed by atoms with E-state index < -0.39 is 30.5 Å². The van der Waals surface area contributed by atoms with Crippen molar-refractivity contribution in [3.05, 3.63) is 144 Å². The molecule has 0 fully saturated rings. The first-order valence-corrected chi connectivity index (χ1v) is 13.9. The van der Waals surface area contributed by atoms with Crippen LogP contribution in [0, 0.1) is 12.3 Å². The molecule has 42 heavy (non-hydrogen) atoms. The minimum Gasteiger partial charge on any atom is -0.388 e. The van der Waals surface area contributed by atoms with Gasteiger partial charge < -0.3 is 28.8 Å². The quantitative estimate of drug-likeness (QED) is 0.131. The van der Waals surface area contributed by atoms with E-state index in [2.05, 4.69) is 5.92 Å². The molecule has 5 atom stereocenters. The minimum absolute atomic E-state index is 0.154. The summed E-state index contributed by atoms with van der Waals surface area (Å²) in [4.78, 5) is 12.5. The van der Waals surface area contributed by atoms with Crippen molar-refractivity contribution in [2.45, 2.75) is 50.3 Å². The predicted octanol–water partition coefficient (Wildman–Crippen LogP) is 5.69. The van der Waals surface area contributed by atoms with Gasteiger partial charge in [0.2, 0.25) is 0 Å². The Morgan fingerprint density at radius 1 is 0.619 bits per heavy atom. The maximum Gasteiger partial charge on any atom is 0.151 e. The number of hydrogen-bond donors (Lipinski definition) is 1. The Labute approximate surface area is 247 Å². The molecule has 1 unspecified atom stereocenters. The summed E-state index contributed by atoms with van der Waals surface area (Å²) in [5.41, 5.74) is 3.50. The third-order valence-electron chi connectivity index (χ3n) is 6.70. The maximum atomic E-state index is 12.5. The fraction of sp³-hybridized carbons (Fsp3) is 0.250. The van der Waals surface area contributed by atoms with Crippen molar-refractivity contribution in [3.8, 4) is 12.3 Å². The Hall–Kier alpha value is -4.09. The van der Waals surface area contributed by atoms with Crippen molar-refractivity contribution in [1.82, 2.24) is 0 Å². The van der Waals surface area contributed by atoms with E-state index in [1.807, 2.05) is 121 Å². The third kappa shape index (κ3) is 9.49. The van der Waals surface area contributed by atoms with E-state index in [1.165, 1.54) is 0 Å². The number of carbonyl (C=O) groups is 1. The number of benzene rings is 4. The van der Waals surface area contributed by atoms with Gasteiger partial charge in [-0.05, 0) is 22.3 Å². The Morgan fingerprint density at radius 2 is 1.05 bits per heavy atom. The lowest BCUT2D eigenvalue weighted by Crippen LogP contribution is -2.50. The van der Waals surface area contributed by atoms with E-state index in [1.54, 1.807) is 0 Å². The second kappa shape index (κ2) is 17.0. The Bertz CT molecular complexity index is 1340. The van der Waals surface area contributed by atoms with Crippen LogP contribution in [0.25, 0.3) is 0 Å². The lowest BCUT2D eigenvalue weighted by molar-refractivity contribution is -0.186. The normalized spacial score (nSPS) is 14.7. The number of aliphatic hydroxyl groups excluding tert-OH is 1. The Balaban J connectivity index is 1.57. The number of terminal acetylenes is 1. The monoisotopic (exact) mass is 564 g/mol. The van der Waals surface area contributed by atoms with Crippen LogP contribution >= 0.6 is 0 Å². The van der Waals surface area contributed by atoms with Crippen LogP contribution in [-0.4, -0.2) is 42.4 Å². The smallest absolute Gasteiger partial charge is 0.151 e. The van der Waals surface area contributed by atoms with E-state index in [0.717, 1.165) is 22.3 Å². The van der Waals surface area contributed by atoms with Crippen molar-refractivity contribution in [1.29, 1.82) is 0 Å². The lowest BCUT2D eigenvalue weighted by Gasteiger charge is -2.34. The van der Waals surface area contributed by atoms with Crippen molar-refractivity contribution >= 4 is 6.29 Å². The molecule has 0 radical (unpaired) electrons. The number of aldehydes is 1. The lowest BCUT2D eigenvalue weighted by atomic mass is 10.0. The van der Waals surface area contributed by atoms with E-state index in [0.29, 0.717) is 6.29 Å². The summed E-state index contributed by atoms with van der Waals surface area (Å²) in [6, 6.07) is 38.1. The van der Waals surface area contributed by atoms with Gasteiger partial charge in [-0.15, -0.1) is 6.42 Å². The first kappa shape index (κ1) is 30.9. The van der Waals surface area contributed by atoms with Gasteiger partial charge in [0.1, 0.15) is 30.5 Å². The highest BCUT2D eigenvalue weighted by Gasteiger charge is 2.37. The van der Waals surface area contributed by atoms with Crippen LogP contribution in [0.1, 0.15) is 28.4 Å². The minimum atomic E-state index is -1.20. The zero-order valence-corrected chi connectivity index (χ0v) is 23.4. The fourth-order valence-corrected chi connectivity index (χ4v) is 4.47. The summed E-state index contributed by atoms with van der Waals surface area (Å²) in [6.07, 6.45) is 1.59. The molecule has 0 aromatic heterocycles. The summed E-state index contributed by atoms with van der Waals surface area (Å²) in [5, 5.41) is 11.5. The summed E-state index contributed by atoms with van der Waals surface area (Å²) in [6.45, 7) is 0.384. The fourth-order valence-electron chi connectivity index (χ4n) is 4.47. The van der Waals surface area contributed by atoms with Crippen LogP contribution in [0.4, 0.5) is 0 Å². The zero-order valence-electron chi connectivity index (χ0n) is 23.4. The topological polar surface area (TPSA) is 74.2 Å². The zero-order chi connectivity index (χ0) is 29.4. The van der Waals surface area contributed by atoms with E-state index >= 15 is 0 Å². The van der Waals surface area contributed by atoms with E-state index in [4.69, 9.17) is 25.4 Å². The van der Waals surface area contributed by atoms with Crippen LogP contribution in [0.5, 0.6) is 0 Å². The summed E-state index contributed by atoms with van der Waals surface area (Å²) < 4.78 is 24.7. The molecule has 216 valence electrons. The Morgan fingerprint density at radius 3 is 1.50 bits per heavy atom. The highest BCUT2D eigenvalue weighted by atomic mass is 16.6. The average Bonchev–Trinajstić information content (AvgIpc) is 3.05. The summed E-state index contributed by atoms with van der Waals surface area (Å²) >= 11 is 0. The van der Waals surface area contributed by atoms with Crippen LogP contribution < -0.4 is 0 Å². The number of carbonyl (C=O) groups excluding carboxylic acids is 1. The highest BCUT2D eigenvalue weighted by Crippen LogP contribution is 2.23. The van der Waals surface area contributed by atoms with Gasteiger partial charge in [0.25, 0.3) is 0 Å². The van der Waals surface area contributed by atoms with Crippen LogP contribution in [0.2, 0.25) is 0 Å². The number of ether oxygens (including phenoxy) is 4. The SMILES string of the molecule is C#CC(OC[C@@H](O)[C@H](OCc1ccccc1)[C@H](OCc1ccccc1)[C@H](C=O)OCc1ccccc1)c1ccccc1. The average molecular weight is 565 g/mol. The number of rotatable bonds is 17. The second-order valence-electron chi connectivity index (χ2n) is 9.78.